The molecule has 0 radical (unpaired) electrons. The molecule has 3 heteroatoms. The predicted molar refractivity (Wildman–Crippen MR) is 79.8 cm³/mol. The summed E-state index contributed by atoms with van der Waals surface area (Å²) in [4.78, 5) is 5.19. The lowest BCUT2D eigenvalue weighted by molar-refractivity contribution is 0.00832. The smallest absolute Gasteiger partial charge is 0.0296 e. The maximum absolute atomic E-state index is 6.39. The Labute approximate surface area is 114 Å². The molecule has 0 aromatic carbocycles. The molecule has 108 valence electrons. The first-order valence-electron chi connectivity index (χ1n) is 7.54. The van der Waals surface area contributed by atoms with Crippen molar-refractivity contribution >= 4 is 0 Å². The molecule has 1 aliphatic heterocycles. The van der Waals surface area contributed by atoms with Gasteiger partial charge in [-0.15, -0.1) is 0 Å². The quantitative estimate of drug-likeness (QED) is 0.835. The van der Waals surface area contributed by atoms with Crippen molar-refractivity contribution in [1.82, 2.24) is 9.80 Å². The summed E-state index contributed by atoms with van der Waals surface area (Å²) in [5.41, 5.74) is 6.65. The van der Waals surface area contributed by atoms with E-state index in [1.807, 2.05) is 0 Å². The number of nitrogens with zero attached hydrogens (tertiary/aromatic N) is 2. The molecular formula is C15H33N3. The van der Waals surface area contributed by atoms with Crippen LogP contribution in [0.4, 0.5) is 0 Å². The summed E-state index contributed by atoms with van der Waals surface area (Å²) >= 11 is 0. The van der Waals surface area contributed by atoms with Crippen LogP contribution in [0.1, 0.15) is 48.0 Å². The van der Waals surface area contributed by atoms with Crippen molar-refractivity contribution in [1.29, 1.82) is 0 Å². The fourth-order valence-corrected chi connectivity index (χ4v) is 3.43. The Balaban J connectivity index is 2.76. The van der Waals surface area contributed by atoms with E-state index in [0.29, 0.717) is 12.1 Å². The van der Waals surface area contributed by atoms with E-state index in [0.717, 1.165) is 26.1 Å². The van der Waals surface area contributed by atoms with Crippen LogP contribution in [0.3, 0.4) is 0 Å². The van der Waals surface area contributed by atoms with Gasteiger partial charge in [-0.2, -0.15) is 0 Å². The molecule has 18 heavy (non-hydrogen) atoms. The third-order valence-electron chi connectivity index (χ3n) is 4.36. The maximum atomic E-state index is 6.39. The van der Waals surface area contributed by atoms with E-state index in [1.54, 1.807) is 0 Å². The van der Waals surface area contributed by atoms with E-state index in [1.165, 1.54) is 6.54 Å². The molecule has 0 saturated carbocycles. The van der Waals surface area contributed by atoms with Crippen molar-refractivity contribution in [2.24, 2.45) is 11.1 Å². The van der Waals surface area contributed by atoms with Crippen LogP contribution in [0.2, 0.25) is 0 Å². The van der Waals surface area contributed by atoms with Gasteiger partial charge in [0, 0.05) is 37.8 Å². The molecule has 2 N–H and O–H groups in total. The van der Waals surface area contributed by atoms with Gasteiger partial charge in [-0.25, -0.2) is 0 Å². The van der Waals surface area contributed by atoms with Crippen LogP contribution in [0, 0.1) is 5.41 Å². The Kier molecular flexibility index (Phi) is 5.63. The minimum absolute atomic E-state index is 0.254. The topological polar surface area (TPSA) is 32.5 Å². The average molecular weight is 255 g/mol. The Morgan fingerprint density at radius 1 is 1.22 bits per heavy atom. The first-order chi connectivity index (χ1) is 8.31. The molecule has 0 bridgehead atoms. The van der Waals surface area contributed by atoms with E-state index in [-0.39, 0.29) is 11.5 Å². The zero-order valence-electron chi connectivity index (χ0n) is 13.2. The number of likely N-dealkylation sites (N-methyl/N-ethyl adjacent to an activating group) is 1. The molecule has 1 rings (SSSR count). The summed E-state index contributed by atoms with van der Waals surface area (Å²) in [7, 11) is 0. The van der Waals surface area contributed by atoms with Gasteiger partial charge in [0.2, 0.25) is 0 Å². The summed E-state index contributed by atoms with van der Waals surface area (Å²) in [6, 6.07) is 1.42. The molecule has 0 spiro atoms. The maximum Gasteiger partial charge on any atom is 0.0296 e. The number of hydrogen-bond donors (Lipinski definition) is 1. The van der Waals surface area contributed by atoms with Crippen molar-refractivity contribution in [2.45, 2.75) is 66.1 Å². The van der Waals surface area contributed by atoms with Crippen LogP contribution in [-0.4, -0.2) is 54.1 Å². The second-order valence-corrected chi connectivity index (χ2v) is 6.86. The average Bonchev–Trinajstić information content (AvgIpc) is 2.27. The van der Waals surface area contributed by atoms with Gasteiger partial charge in [0.25, 0.3) is 0 Å². The molecule has 1 aliphatic rings. The molecule has 3 unspecified atom stereocenters. The predicted octanol–water partition coefficient (Wildman–Crippen LogP) is 2.16. The largest absolute Gasteiger partial charge is 0.326 e. The highest BCUT2D eigenvalue weighted by Crippen LogP contribution is 2.29. The summed E-state index contributed by atoms with van der Waals surface area (Å²) < 4.78 is 0. The minimum Gasteiger partial charge on any atom is -0.326 e. The zero-order valence-corrected chi connectivity index (χ0v) is 13.2. The highest BCUT2D eigenvalue weighted by Gasteiger charge is 2.37. The van der Waals surface area contributed by atoms with Crippen LogP contribution < -0.4 is 5.73 Å². The van der Waals surface area contributed by atoms with Crippen LogP contribution in [0.5, 0.6) is 0 Å². The van der Waals surface area contributed by atoms with Crippen LogP contribution in [0.25, 0.3) is 0 Å². The van der Waals surface area contributed by atoms with Crippen molar-refractivity contribution in [2.75, 3.05) is 26.2 Å². The van der Waals surface area contributed by atoms with Gasteiger partial charge in [-0.1, -0.05) is 34.6 Å². The van der Waals surface area contributed by atoms with E-state index in [4.69, 9.17) is 5.73 Å². The molecule has 3 atom stereocenters. The Morgan fingerprint density at radius 3 is 2.22 bits per heavy atom. The number of rotatable bonds is 4. The monoisotopic (exact) mass is 255 g/mol. The number of piperazine rings is 1. The lowest BCUT2D eigenvalue weighted by atomic mass is 9.80. The fraction of sp³-hybridized carbons (Fsp3) is 1.00. The number of nitrogens with two attached hydrogens (primary N) is 1. The van der Waals surface area contributed by atoms with Gasteiger partial charge in [0.1, 0.15) is 0 Å². The fourth-order valence-electron chi connectivity index (χ4n) is 3.43. The molecule has 0 aromatic rings. The first-order valence-corrected chi connectivity index (χ1v) is 7.54. The Hall–Kier alpha value is -0.120. The highest BCUT2D eigenvalue weighted by atomic mass is 15.3. The van der Waals surface area contributed by atoms with Gasteiger partial charge < -0.3 is 5.73 Å². The van der Waals surface area contributed by atoms with Gasteiger partial charge in [-0.05, 0) is 25.3 Å². The molecule has 3 nitrogen and oxygen atoms in total. The van der Waals surface area contributed by atoms with Gasteiger partial charge in [0.15, 0.2) is 0 Å². The Morgan fingerprint density at radius 2 is 1.83 bits per heavy atom. The lowest BCUT2D eigenvalue weighted by Crippen LogP contribution is -2.62. The van der Waals surface area contributed by atoms with E-state index in [2.05, 4.69) is 51.3 Å². The summed E-state index contributed by atoms with van der Waals surface area (Å²) in [6.07, 6.45) is 1.06. The van der Waals surface area contributed by atoms with Gasteiger partial charge in [0.05, 0.1) is 0 Å². The van der Waals surface area contributed by atoms with Gasteiger partial charge >= 0.3 is 0 Å². The van der Waals surface area contributed by atoms with Crippen molar-refractivity contribution in [3.63, 3.8) is 0 Å². The summed E-state index contributed by atoms with van der Waals surface area (Å²) in [5, 5.41) is 0. The molecule has 0 aliphatic carbocycles. The van der Waals surface area contributed by atoms with Crippen molar-refractivity contribution in [3.05, 3.63) is 0 Å². The molecular weight excluding hydrogens is 222 g/mol. The van der Waals surface area contributed by atoms with Gasteiger partial charge in [-0.3, -0.25) is 9.80 Å². The van der Waals surface area contributed by atoms with E-state index in [9.17, 15) is 0 Å². The molecule has 1 heterocycles. The number of hydrogen-bond acceptors (Lipinski definition) is 3. The second kappa shape index (κ2) is 6.36. The molecule has 1 saturated heterocycles. The minimum atomic E-state index is 0.254. The van der Waals surface area contributed by atoms with Crippen molar-refractivity contribution < 1.29 is 0 Å². The Bertz CT molecular complexity index is 247. The van der Waals surface area contributed by atoms with Crippen LogP contribution in [-0.2, 0) is 0 Å². The molecule has 0 aromatic heterocycles. The lowest BCUT2D eigenvalue weighted by Gasteiger charge is -2.49. The molecule has 1 fully saturated rings. The van der Waals surface area contributed by atoms with E-state index >= 15 is 0 Å². The van der Waals surface area contributed by atoms with Crippen LogP contribution >= 0.6 is 0 Å². The highest BCUT2D eigenvalue weighted by molar-refractivity contribution is 4.94. The third-order valence-corrected chi connectivity index (χ3v) is 4.36. The normalized spacial score (nSPS) is 27.2. The first kappa shape index (κ1) is 15.9. The molecule has 0 amide bonds. The van der Waals surface area contributed by atoms with E-state index < -0.39 is 0 Å². The zero-order chi connectivity index (χ0) is 13.9. The van der Waals surface area contributed by atoms with Crippen LogP contribution in [0.15, 0.2) is 0 Å². The standard InChI is InChI=1S/C15H33N3/c1-7-13(16)14(15(4,5)6)18-10-9-17(8-2)12(3)11-18/h12-14H,7-11,16H2,1-6H3. The summed E-state index contributed by atoms with van der Waals surface area (Å²) in [5.74, 6) is 0. The summed E-state index contributed by atoms with van der Waals surface area (Å²) in [6.45, 7) is 18.4. The van der Waals surface area contributed by atoms with Crippen molar-refractivity contribution in [3.8, 4) is 0 Å². The SMILES string of the molecule is CCC(N)C(N1CCN(CC)C(C)C1)C(C)(C)C. The second-order valence-electron chi connectivity index (χ2n) is 6.86. The third kappa shape index (κ3) is 3.69.